The van der Waals surface area contributed by atoms with Crippen LogP contribution in [-0.4, -0.2) is 35.4 Å². The first kappa shape index (κ1) is 22.7. The van der Waals surface area contributed by atoms with E-state index in [1.807, 2.05) is 31.2 Å². The van der Waals surface area contributed by atoms with Crippen LogP contribution in [0.15, 0.2) is 59.4 Å². The van der Waals surface area contributed by atoms with Crippen LogP contribution in [0.2, 0.25) is 10.0 Å². The second-order valence-electron chi connectivity index (χ2n) is 6.45. The second-order valence-corrected chi connectivity index (χ2v) is 7.29. The summed E-state index contributed by atoms with van der Waals surface area (Å²) in [5.74, 6) is 0.785. The molecule has 0 radical (unpaired) electrons. The number of nitrogens with zero attached hydrogens (tertiary/aromatic N) is 2. The smallest absolute Gasteiger partial charge is 0.266 e. The minimum Gasteiger partial charge on any atom is -0.494 e. The van der Waals surface area contributed by atoms with Crippen molar-refractivity contribution in [2.45, 2.75) is 13.5 Å². The summed E-state index contributed by atoms with van der Waals surface area (Å²) in [6.45, 7) is 2.73. The highest BCUT2D eigenvalue weighted by atomic mass is 35.5. The largest absolute Gasteiger partial charge is 0.494 e. The molecule has 0 atom stereocenters. The van der Waals surface area contributed by atoms with E-state index in [1.165, 1.54) is 16.8 Å². The van der Waals surface area contributed by atoms with Gasteiger partial charge >= 0.3 is 0 Å². The highest BCUT2D eigenvalue weighted by Gasteiger charge is 2.08. The Morgan fingerprint density at radius 3 is 2.55 bits per heavy atom. The van der Waals surface area contributed by atoms with Gasteiger partial charge in [-0.2, -0.15) is 5.10 Å². The van der Waals surface area contributed by atoms with Gasteiger partial charge in [-0.3, -0.25) is 9.59 Å². The van der Waals surface area contributed by atoms with Gasteiger partial charge in [-0.1, -0.05) is 23.2 Å². The third-order valence-electron chi connectivity index (χ3n) is 4.23. The molecule has 3 rings (SSSR count). The molecule has 0 aliphatic heterocycles. The molecule has 0 spiro atoms. The standard InChI is InChI=1S/C22H21Cl2N3O4/c1-2-30-17-6-3-15(4-7-17)19-8-10-22(29)27(26-19)12-11-25-21(28)14-31-20-9-5-16(23)13-18(20)24/h3-10,13H,2,11-12,14H2,1H3,(H,25,28). The van der Waals surface area contributed by atoms with Gasteiger partial charge in [0, 0.05) is 23.2 Å². The molecule has 0 bridgehead atoms. The molecule has 2 aromatic carbocycles. The Kier molecular flexibility index (Phi) is 7.92. The molecule has 0 saturated carbocycles. The van der Waals surface area contributed by atoms with Gasteiger partial charge in [0.2, 0.25) is 0 Å². The van der Waals surface area contributed by atoms with Crippen molar-refractivity contribution >= 4 is 29.1 Å². The first-order valence-corrected chi connectivity index (χ1v) is 10.4. The second kappa shape index (κ2) is 10.8. The zero-order valence-electron chi connectivity index (χ0n) is 16.8. The number of benzene rings is 2. The molecule has 0 saturated heterocycles. The Labute approximate surface area is 189 Å². The molecule has 31 heavy (non-hydrogen) atoms. The SMILES string of the molecule is CCOc1ccc(-c2ccc(=O)n(CCNC(=O)COc3ccc(Cl)cc3Cl)n2)cc1. The van der Waals surface area contributed by atoms with E-state index in [0.29, 0.717) is 28.1 Å². The van der Waals surface area contributed by atoms with Gasteiger partial charge in [0.05, 0.1) is 23.9 Å². The Bertz CT molecular complexity index is 1100. The summed E-state index contributed by atoms with van der Waals surface area (Å²) in [5.41, 5.74) is 1.25. The van der Waals surface area contributed by atoms with Crippen molar-refractivity contribution in [3.63, 3.8) is 0 Å². The predicted octanol–water partition coefficient (Wildman–Crippen LogP) is 3.81. The Morgan fingerprint density at radius 2 is 1.84 bits per heavy atom. The van der Waals surface area contributed by atoms with Crippen molar-refractivity contribution < 1.29 is 14.3 Å². The van der Waals surface area contributed by atoms with Crippen molar-refractivity contribution in [2.75, 3.05) is 19.8 Å². The lowest BCUT2D eigenvalue weighted by molar-refractivity contribution is -0.123. The van der Waals surface area contributed by atoms with Gasteiger partial charge in [-0.15, -0.1) is 0 Å². The molecule has 1 aromatic heterocycles. The number of nitrogens with one attached hydrogen (secondary N) is 1. The number of carbonyl (C=O) groups is 1. The summed E-state index contributed by atoms with van der Waals surface area (Å²) in [7, 11) is 0. The number of hydrogen-bond acceptors (Lipinski definition) is 5. The molecule has 7 nitrogen and oxygen atoms in total. The number of amides is 1. The van der Waals surface area contributed by atoms with E-state index in [-0.39, 0.29) is 31.2 Å². The number of rotatable bonds is 9. The molecule has 1 amide bonds. The van der Waals surface area contributed by atoms with E-state index < -0.39 is 0 Å². The molecule has 1 N–H and O–H groups in total. The maximum Gasteiger partial charge on any atom is 0.266 e. The number of carbonyl (C=O) groups excluding carboxylic acids is 1. The van der Waals surface area contributed by atoms with Gasteiger partial charge in [0.25, 0.3) is 11.5 Å². The molecule has 1 heterocycles. The maximum atomic E-state index is 12.1. The van der Waals surface area contributed by atoms with Crippen LogP contribution in [0.25, 0.3) is 11.3 Å². The van der Waals surface area contributed by atoms with Crippen LogP contribution in [-0.2, 0) is 11.3 Å². The number of ether oxygens (including phenoxy) is 2. The highest BCUT2D eigenvalue weighted by molar-refractivity contribution is 6.35. The quantitative estimate of drug-likeness (QED) is 0.523. The van der Waals surface area contributed by atoms with Crippen LogP contribution in [0, 0.1) is 0 Å². The summed E-state index contributed by atoms with van der Waals surface area (Å²) in [5, 5.41) is 7.87. The lowest BCUT2D eigenvalue weighted by Gasteiger charge is -2.10. The number of halogens is 2. The predicted molar refractivity (Wildman–Crippen MR) is 120 cm³/mol. The average Bonchev–Trinajstić information content (AvgIpc) is 2.75. The monoisotopic (exact) mass is 461 g/mol. The molecule has 9 heteroatoms. The molecule has 0 unspecified atom stereocenters. The minimum atomic E-state index is -0.346. The Balaban J connectivity index is 1.54. The third-order valence-corrected chi connectivity index (χ3v) is 4.76. The first-order chi connectivity index (χ1) is 15.0. The fraction of sp³-hybridized carbons (Fsp3) is 0.227. The average molecular weight is 462 g/mol. The van der Waals surface area contributed by atoms with E-state index in [4.69, 9.17) is 32.7 Å². The van der Waals surface area contributed by atoms with Gasteiger partial charge in [-0.05, 0) is 55.5 Å². The van der Waals surface area contributed by atoms with Crippen molar-refractivity contribution in [1.82, 2.24) is 15.1 Å². The van der Waals surface area contributed by atoms with Crippen LogP contribution in [0.5, 0.6) is 11.5 Å². The molecular formula is C22H21Cl2N3O4. The normalized spacial score (nSPS) is 10.5. The fourth-order valence-electron chi connectivity index (χ4n) is 2.74. The van der Waals surface area contributed by atoms with Gasteiger partial charge in [-0.25, -0.2) is 4.68 Å². The molecule has 162 valence electrons. The van der Waals surface area contributed by atoms with Crippen LogP contribution >= 0.6 is 23.2 Å². The number of aromatic nitrogens is 2. The van der Waals surface area contributed by atoms with E-state index in [9.17, 15) is 9.59 Å². The molecule has 0 aliphatic carbocycles. The van der Waals surface area contributed by atoms with Crippen LogP contribution < -0.4 is 20.3 Å². The third kappa shape index (κ3) is 6.47. The van der Waals surface area contributed by atoms with E-state index in [2.05, 4.69) is 10.4 Å². The summed E-state index contributed by atoms with van der Waals surface area (Å²) in [6.07, 6.45) is 0. The molecular weight excluding hydrogens is 441 g/mol. The van der Waals surface area contributed by atoms with E-state index >= 15 is 0 Å². The Hall–Kier alpha value is -3.03. The summed E-state index contributed by atoms with van der Waals surface area (Å²) in [6, 6.07) is 15.3. The van der Waals surface area contributed by atoms with Gasteiger partial charge < -0.3 is 14.8 Å². The van der Waals surface area contributed by atoms with Crippen molar-refractivity contribution in [1.29, 1.82) is 0 Å². The number of hydrogen-bond donors (Lipinski definition) is 1. The molecule has 3 aromatic rings. The van der Waals surface area contributed by atoms with Gasteiger partial charge in [0.1, 0.15) is 11.5 Å². The molecule has 0 aliphatic rings. The lowest BCUT2D eigenvalue weighted by Crippen LogP contribution is -2.34. The highest BCUT2D eigenvalue weighted by Crippen LogP contribution is 2.27. The summed E-state index contributed by atoms with van der Waals surface area (Å²) < 4.78 is 12.1. The van der Waals surface area contributed by atoms with E-state index in [1.54, 1.807) is 18.2 Å². The van der Waals surface area contributed by atoms with Crippen LogP contribution in [0.4, 0.5) is 0 Å². The molecule has 0 fully saturated rings. The van der Waals surface area contributed by atoms with Crippen LogP contribution in [0.1, 0.15) is 6.92 Å². The zero-order chi connectivity index (χ0) is 22.2. The van der Waals surface area contributed by atoms with Crippen LogP contribution in [0.3, 0.4) is 0 Å². The van der Waals surface area contributed by atoms with Crippen molar-refractivity contribution in [2.24, 2.45) is 0 Å². The fourth-order valence-corrected chi connectivity index (χ4v) is 3.20. The van der Waals surface area contributed by atoms with Gasteiger partial charge in [0.15, 0.2) is 6.61 Å². The summed E-state index contributed by atoms with van der Waals surface area (Å²) in [4.78, 5) is 24.1. The van der Waals surface area contributed by atoms with Crippen molar-refractivity contribution in [3.05, 3.63) is 75.0 Å². The topological polar surface area (TPSA) is 82.5 Å². The van der Waals surface area contributed by atoms with E-state index in [0.717, 1.165) is 11.3 Å². The maximum absolute atomic E-state index is 12.1. The minimum absolute atomic E-state index is 0.212. The summed E-state index contributed by atoms with van der Waals surface area (Å²) >= 11 is 11.8. The van der Waals surface area contributed by atoms with Crippen molar-refractivity contribution in [3.8, 4) is 22.8 Å². The first-order valence-electron chi connectivity index (χ1n) is 9.62. The zero-order valence-corrected chi connectivity index (χ0v) is 18.3. The lowest BCUT2D eigenvalue weighted by atomic mass is 10.1. The Morgan fingerprint density at radius 1 is 1.06 bits per heavy atom.